The van der Waals surface area contributed by atoms with Gasteiger partial charge in [-0.3, -0.25) is 4.79 Å². The molecule has 1 saturated carbocycles. The summed E-state index contributed by atoms with van der Waals surface area (Å²) in [5.74, 6) is 0.649. The summed E-state index contributed by atoms with van der Waals surface area (Å²) in [7, 11) is 3.21. The van der Waals surface area contributed by atoms with Gasteiger partial charge in [-0.2, -0.15) is 0 Å². The first-order chi connectivity index (χ1) is 10.1. The van der Waals surface area contributed by atoms with Gasteiger partial charge in [-0.15, -0.1) is 0 Å². The Morgan fingerprint density at radius 3 is 2.33 bits per heavy atom. The molecule has 116 valence electrons. The molecule has 0 spiro atoms. The summed E-state index contributed by atoms with van der Waals surface area (Å²) in [6, 6.07) is 3.72. The minimum atomic E-state index is -0.800. The van der Waals surface area contributed by atoms with Crippen LogP contribution in [-0.4, -0.2) is 25.3 Å². The van der Waals surface area contributed by atoms with Crippen LogP contribution >= 0.6 is 0 Å². The molecule has 0 amide bonds. The Bertz CT molecular complexity index is 516. The van der Waals surface area contributed by atoms with Crippen molar-refractivity contribution in [2.24, 2.45) is 0 Å². The highest BCUT2D eigenvalue weighted by molar-refractivity contribution is 5.83. The highest BCUT2D eigenvalue weighted by atomic mass is 16.5. The van der Waals surface area contributed by atoms with Gasteiger partial charge in [0.2, 0.25) is 0 Å². The molecule has 0 atom stereocenters. The van der Waals surface area contributed by atoms with E-state index in [0.29, 0.717) is 18.6 Å². The van der Waals surface area contributed by atoms with E-state index in [2.05, 4.69) is 0 Å². The van der Waals surface area contributed by atoms with Gasteiger partial charge in [-0.05, 0) is 36.5 Å². The van der Waals surface area contributed by atoms with E-state index in [0.717, 1.165) is 42.6 Å². The molecule has 0 aliphatic heterocycles. The molecule has 2 rings (SSSR count). The van der Waals surface area contributed by atoms with Gasteiger partial charge in [-0.25, -0.2) is 0 Å². The Balaban J connectivity index is 2.65. The third kappa shape index (κ3) is 2.71. The van der Waals surface area contributed by atoms with Crippen LogP contribution in [0.4, 0.5) is 0 Å². The summed E-state index contributed by atoms with van der Waals surface area (Å²) in [6.07, 6.45) is 5.14. The molecule has 1 aromatic carbocycles. The Hall–Kier alpha value is -1.71. The summed E-state index contributed by atoms with van der Waals surface area (Å²) in [5.41, 5.74) is 1.06. The van der Waals surface area contributed by atoms with Crippen LogP contribution < -0.4 is 9.47 Å². The number of carboxylic acid groups (broad SMARTS) is 1. The van der Waals surface area contributed by atoms with Crippen molar-refractivity contribution in [3.05, 3.63) is 23.3 Å². The monoisotopic (exact) mass is 292 g/mol. The number of hydrogen-bond donors (Lipinski definition) is 1. The Morgan fingerprint density at radius 1 is 1.19 bits per heavy atom. The lowest BCUT2D eigenvalue weighted by Gasteiger charge is -2.35. The van der Waals surface area contributed by atoms with Gasteiger partial charge in [0.15, 0.2) is 0 Å². The molecule has 1 fully saturated rings. The summed E-state index contributed by atoms with van der Waals surface area (Å²) < 4.78 is 10.8. The lowest BCUT2D eigenvalue weighted by atomic mass is 9.67. The normalized spacial score (nSPS) is 17.3. The van der Waals surface area contributed by atoms with Crippen LogP contribution in [0.25, 0.3) is 0 Å². The molecule has 0 radical (unpaired) electrons. The van der Waals surface area contributed by atoms with E-state index in [-0.39, 0.29) is 0 Å². The molecule has 1 N–H and O–H groups in total. The van der Waals surface area contributed by atoms with E-state index >= 15 is 0 Å². The predicted molar refractivity (Wildman–Crippen MR) is 81.3 cm³/mol. The summed E-state index contributed by atoms with van der Waals surface area (Å²) in [5, 5.41) is 9.91. The fourth-order valence-electron chi connectivity index (χ4n) is 3.47. The van der Waals surface area contributed by atoms with E-state index < -0.39 is 11.4 Å². The maximum Gasteiger partial charge on any atom is 0.314 e. The number of methoxy groups -OCH3 is 2. The average molecular weight is 292 g/mol. The fraction of sp³-hybridized carbons (Fsp3) is 0.588. The zero-order valence-electron chi connectivity index (χ0n) is 13.1. The largest absolute Gasteiger partial charge is 0.497 e. The smallest absolute Gasteiger partial charge is 0.314 e. The van der Waals surface area contributed by atoms with Gasteiger partial charge in [0.1, 0.15) is 11.5 Å². The zero-order valence-corrected chi connectivity index (χ0v) is 13.1. The predicted octanol–water partition coefficient (Wildman–Crippen LogP) is 3.55. The Morgan fingerprint density at radius 2 is 1.86 bits per heavy atom. The van der Waals surface area contributed by atoms with Crippen molar-refractivity contribution >= 4 is 5.97 Å². The van der Waals surface area contributed by atoms with Gasteiger partial charge in [-0.1, -0.05) is 26.2 Å². The molecule has 21 heavy (non-hydrogen) atoms. The van der Waals surface area contributed by atoms with Crippen molar-refractivity contribution in [1.29, 1.82) is 0 Å². The van der Waals surface area contributed by atoms with Crippen LogP contribution in [0.1, 0.15) is 50.2 Å². The molecule has 0 aromatic heterocycles. The third-order valence-corrected chi connectivity index (χ3v) is 4.62. The molecular weight excluding hydrogens is 268 g/mol. The van der Waals surface area contributed by atoms with Gasteiger partial charge in [0, 0.05) is 6.07 Å². The van der Waals surface area contributed by atoms with Crippen molar-refractivity contribution < 1.29 is 19.4 Å². The quantitative estimate of drug-likeness (QED) is 0.901. The molecule has 1 aliphatic carbocycles. The van der Waals surface area contributed by atoms with Crippen LogP contribution in [0.15, 0.2) is 12.1 Å². The molecule has 0 unspecified atom stereocenters. The van der Waals surface area contributed by atoms with Crippen molar-refractivity contribution in [3.63, 3.8) is 0 Å². The van der Waals surface area contributed by atoms with Gasteiger partial charge >= 0.3 is 5.97 Å². The third-order valence-electron chi connectivity index (χ3n) is 4.62. The lowest BCUT2D eigenvalue weighted by Crippen LogP contribution is -2.38. The summed E-state index contributed by atoms with van der Waals surface area (Å²) in [6.45, 7) is 2.03. The van der Waals surface area contributed by atoms with Gasteiger partial charge < -0.3 is 14.6 Å². The fourth-order valence-corrected chi connectivity index (χ4v) is 3.47. The molecule has 4 nitrogen and oxygen atoms in total. The number of benzene rings is 1. The van der Waals surface area contributed by atoms with Crippen LogP contribution in [0.5, 0.6) is 11.5 Å². The van der Waals surface area contributed by atoms with Crippen LogP contribution in [0.2, 0.25) is 0 Å². The number of rotatable bonds is 5. The molecular formula is C17H24O4. The van der Waals surface area contributed by atoms with Crippen molar-refractivity contribution in [1.82, 2.24) is 0 Å². The number of hydrogen-bond acceptors (Lipinski definition) is 3. The van der Waals surface area contributed by atoms with Gasteiger partial charge in [0.05, 0.1) is 19.6 Å². The maximum atomic E-state index is 12.1. The second-order valence-electron chi connectivity index (χ2n) is 5.66. The molecule has 0 saturated heterocycles. The molecule has 4 heteroatoms. The van der Waals surface area contributed by atoms with Gasteiger partial charge in [0.25, 0.3) is 0 Å². The minimum absolute atomic E-state index is 0.658. The van der Waals surface area contributed by atoms with E-state index in [1.165, 1.54) is 0 Å². The van der Waals surface area contributed by atoms with Crippen molar-refractivity contribution in [2.45, 2.75) is 50.9 Å². The zero-order chi connectivity index (χ0) is 15.5. The lowest BCUT2D eigenvalue weighted by molar-refractivity contribution is -0.145. The number of aliphatic carboxylic acids is 1. The van der Waals surface area contributed by atoms with Crippen LogP contribution in [0.3, 0.4) is 0 Å². The van der Waals surface area contributed by atoms with E-state index in [4.69, 9.17) is 9.47 Å². The average Bonchev–Trinajstić information content (AvgIpc) is 2.53. The molecule has 0 heterocycles. The summed E-state index contributed by atoms with van der Waals surface area (Å²) >= 11 is 0. The van der Waals surface area contributed by atoms with Crippen molar-refractivity contribution in [2.75, 3.05) is 14.2 Å². The second kappa shape index (κ2) is 6.37. The highest BCUT2D eigenvalue weighted by Crippen LogP contribution is 2.45. The first-order valence-corrected chi connectivity index (χ1v) is 7.57. The van der Waals surface area contributed by atoms with Crippen LogP contribution in [0, 0.1) is 0 Å². The van der Waals surface area contributed by atoms with E-state index in [1.54, 1.807) is 14.2 Å². The summed E-state index contributed by atoms with van der Waals surface area (Å²) in [4.78, 5) is 12.1. The second-order valence-corrected chi connectivity index (χ2v) is 5.66. The number of carboxylic acids is 1. The minimum Gasteiger partial charge on any atom is -0.497 e. The topological polar surface area (TPSA) is 55.8 Å². The Labute approximate surface area is 126 Å². The Kier molecular flexibility index (Phi) is 4.76. The molecule has 1 aliphatic rings. The van der Waals surface area contributed by atoms with Crippen LogP contribution in [-0.2, 0) is 16.6 Å². The SMILES string of the molecule is CCc1c(OC)cc(OC)cc1C1(C(=O)O)CCCCC1. The van der Waals surface area contributed by atoms with E-state index in [9.17, 15) is 9.90 Å². The number of ether oxygens (including phenoxy) is 2. The standard InChI is InChI=1S/C17H24O4/c1-4-13-14(10-12(20-2)11-15(13)21-3)17(16(18)19)8-6-5-7-9-17/h10-11H,4-9H2,1-3H3,(H,18,19). The van der Waals surface area contributed by atoms with Crippen molar-refractivity contribution in [3.8, 4) is 11.5 Å². The number of carbonyl (C=O) groups is 1. The maximum absolute atomic E-state index is 12.1. The molecule has 0 bridgehead atoms. The first-order valence-electron chi connectivity index (χ1n) is 7.57. The van der Waals surface area contributed by atoms with E-state index in [1.807, 2.05) is 19.1 Å². The first kappa shape index (κ1) is 15.7. The highest BCUT2D eigenvalue weighted by Gasteiger charge is 2.43. The molecule has 1 aromatic rings.